The van der Waals surface area contributed by atoms with Crippen LogP contribution in [-0.4, -0.2) is 18.4 Å². The number of hydrogen-bond donors (Lipinski definition) is 1. The molecule has 0 spiro atoms. The number of ether oxygens (including phenoxy) is 2. The fourth-order valence-electron chi connectivity index (χ4n) is 5.10. The molecule has 1 aliphatic heterocycles. The molecule has 36 heavy (non-hydrogen) atoms. The van der Waals surface area contributed by atoms with E-state index in [9.17, 15) is 9.59 Å². The van der Waals surface area contributed by atoms with Crippen LogP contribution in [0.5, 0.6) is 5.75 Å². The van der Waals surface area contributed by atoms with Gasteiger partial charge in [0.15, 0.2) is 5.78 Å². The zero-order chi connectivity index (χ0) is 25.1. The van der Waals surface area contributed by atoms with E-state index >= 15 is 0 Å². The van der Waals surface area contributed by atoms with Gasteiger partial charge in [0.05, 0.1) is 18.4 Å². The van der Waals surface area contributed by atoms with Crippen molar-refractivity contribution in [2.24, 2.45) is 0 Å². The molecule has 0 saturated carbocycles. The highest BCUT2D eigenvalue weighted by atomic mass is 16.5. The third kappa shape index (κ3) is 4.71. The number of dihydropyridines is 1. The minimum Gasteiger partial charge on any atom is -0.489 e. The van der Waals surface area contributed by atoms with E-state index in [1.165, 1.54) is 0 Å². The quantitative estimate of drug-likeness (QED) is 0.429. The number of carbonyl (C=O) groups is 2. The Labute approximate surface area is 210 Å². The highest BCUT2D eigenvalue weighted by molar-refractivity contribution is 6.04. The lowest BCUT2D eigenvalue weighted by molar-refractivity contribution is -0.138. The smallest absolute Gasteiger partial charge is 0.336 e. The number of benzene rings is 2. The maximum atomic E-state index is 13.6. The molecule has 1 aliphatic carbocycles. The molecule has 0 amide bonds. The predicted molar refractivity (Wildman–Crippen MR) is 135 cm³/mol. The third-order valence-electron chi connectivity index (χ3n) is 6.71. The molecule has 2 atom stereocenters. The van der Waals surface area contributed by atoms with E-state index < -0.39 is 11.9 Å². The minimum absolute atomic E-state index is 0.0000513. The summed E-state index contributed by atoms with van der Waals surface area (Å²) >= 11 is 0. The van der Waals surface area contributed by atoms with Gasteiger partial charge in [-0.05, 0) is 55.7 Å². The van der Waals surface area contributed by atoms with Crippen LogP contribution in [0.1, 0.15) is 55.4 Å². The fraction of sp³-hybridized carbons (Fsp3) is 0.267. The molecule has 1 N–H and O–H groups in total. The van der Waals surface area contributed by atoms with E-state index in [-0.39, 0.29) is 18.3 Å². The van der Waals surface area contributed by atoms with Crippen molar-refractivity contribution in [3.63, 3.8) is 0 Å². The third-order valence-corrected chi connectivity index (χ3v) is 6.71. The van der Waals surface area contributed by atoms with Crippen LogP contribution in [0.25, 0.3) is 0 Å². The predicted octanol–water partition coefficient (Wildman–Crippen LogP) is 5.78. The molecule has 2 unspecified atom stereocenters. The van der Waals surface area contributed by atoms with Crippen molar-refractivity contribution in [2.45, 2.75) is 45.1 Å². The summed E-state index contributed by atoms with van der Waals surface area (Å²) in [6.07, 6.45) is 2.58. The van der Waals surface area contributed by atoms with E-state index in [1.54, 1.807) is 13.2 Å². The summed E-state index contributed by atoms with van der Waals surface area (Å²) < 4.78 is 17.1. The molecule has 6 heteroatoms. The van der Waals surface area contributed by atoms with Crippen LogP contribution < -0.4 is 10.1 Å². The van der Waals surface area contributed by atoms with Gasteiger partial charge in [0, 0.05) is 35.2 Å². The molecule has 1 aromatic heterocycles. The van der Waals surface area contributed by atoms with Gasteiger partial charge in [0.2, 0.25) is 0 Å². The highest BCUT2D eigenvalue weighted by Gasteiger charge is 2.42. The Morgan fingerprint density at radius 3 is 2.64 bits per heavy atom. The first-order valence-corrected chi connectivity index (χ1v) is 12.3. The molecular weight excluding hydrogens is 454 g/mol. The number of ketones is 1. The number of esters is 1. The molecule has 184 valence electrons. The van der Waals surface area contributed by atoms with E-state index in [0.717, 1.165) is 22.6 Å². The molecule has 2 aromatic carbocycles. The van der Waals surface area contributed by atoms with Crippen molar-refractivity contribution in [3.8, 4) is 5.75 Å². The molecule has 2 aliphatic rings. The minimum atomic E-state index is -0.536. The Hall–Kier alpha value is -4.06. The summed E-state index contributed by atoms with van der Waals surface area (Å²) in [7, 11) is 0. The number of rotatable bonds is 7. The number of Topliss-reactive ketones (excluding diaryl/α,β-unsaturated/α-hetero) is 1. The van der Waals surface area contributed by atoms with Crippen LogP contribution in [-0.2, 0) is 20.9 Å². The van der Waals surface area contributed by atoms with Crippen molar-refractivity contribution in [2.75, 3.05) is 6.61 Å². The van der Waals surface area contributed by atoms with Gasteiger partial charge in [-0.2, -0.15) is 0 Å². The maximum Gasteiger partial charge on any atom is 0.336 e. The second-order valence-electron chi connectivity index (χ2n) is 9.10. The van der Waals surface area contributed by atoms with Crippen LogP contribution in [0.15, 0.2) is 100.0 Å². The summed E-state index contributed by atoms with van der Waals surface area (Å²) in [6.45, 7) is 4.32. The Morgan fingerprint density at radius 1 is 1.06 bits per heavy atom. The molecule has 0 radical (unpaired) electrons. The topological polar surface area (TPSA) is 77.8 Å². The average molecular weight is 484 g/mol. The van der Waals surface area contributed by atoms with Crippen molar-refractivity contribution in [3.05, 3.63) is 112 Å². The molecule has 2 heterocycles. The Kier molecular flexibility index (Phi) is 6.76. The molecule has 0 bridgehead atoms. The zero-order valence-corrected chi connectivity index (χ0v) is 20.5. The second-order valence-corrected chi connectivity index (χ2v) is 9.10. The standard InChI is InChI=1S/C30H29NO5/c1-3-34-30(33)27-19(2)31-24-16-22(26-13-8-14-35-26)17-25(32)29(24)28(27)21-11-7-12-23(15-21)36-18-20-9-5-4-6-10-20/h4-15,22,28,31H,3,16-18H2,1-2H3. The Bertz CT molecular complexity index is 1320. The van der Waals surface area contributed by atoms with Crippen LogP contribution in [0.4, 0.5) is 0 Å². The van der Waals surface area contributed by atoms with Gasteiger partial charge in [-0.3, -0.25) is 4.79 Å². The molecule has 5 rings (SSSR count). The van der Waals surface area contributed by atoms with Crippen molar-refractivity contribution >= 4 is 11.8 Å². The van der Waals surface area contributed by atoms with Crippen LogP contribution in [0, 0.1) is 0 Å². The second kappa shape index (κ2) is 10.3. The van der Waals surface area contributed by atoms with Crippen molar-refractivity contribution in [1.29, 1.82) is 0 Å². The number of carbonyl (C=O) groups excluding carboxylic acids is 2. The Morgan fingerprint density at radius 2 is 1.89 bits per heavy atom. The van der Waals surface area contributed by atoms with Gasteiger partial charge in [0.25, 0.3) is 0 Å². The normalized spacial score (nSPS) is 19.6. The number of furan rings is 1. The van der Waals surface area contributed by atoms with Crippen molar-refractivity contribution in [1.82, 2.24) is 5.32 Å². The fourth-order valence-corrected chi connectivity index (χ4v) is 5.10. The van der Waals surface area contributed by atoms with Gasteiger partial charge < -0.3 is 19.2 Å². The molecular formula is C30H29NO5. The SMILES string of the molecule is CCOC(=O)C1=C(C)NC2=C(C(=O)CC(c3ccco3)C2)C1c1cccc(OCc2ccccc2)c1. The van der Waals surface area contributed by atoms with Gasteiger partial charge in [-0.15, -0.1) is 0 Å². The number of hydrogen-bond acceptors (Lipinski definition) is 6. The molecule has 6 nitrogen and oxygen atoms in total. The summed E-state index contributed by atoms with van der Waals surface area (Å²) in [5.74, 6) is 0.468. The molecule has 0 fully saturated rings. The zero-order valence-electron chi connectivity index (χ0n) is 20.5. The van der Waals surface area contributed by atoms with Gasteiger partial charge in [-0.25, -0.2) is 4.79 Å². The summed E-state index contributed by atoms with van der Waals surface area (Å²) in [6, 6.07) is 21.3. The van der Waals surface area contributed by atoms with Gasteiger partial charge in [-0.1, -0.05) is 42.5 Å². The lowest BCUT2D eigenvalue weighted by atomic mass is 9.72. The molecule has 3 aromatic rings. The first kappa shape index (κ1) is 23.7. The van der Waals surface area contributed by atoms with E-state index in [4.69, 9.17) is 13.9 Å². The number of nitrogens with one attached hydrogen (secondary N) is 1. The van der Waals surface area contributed by atoms with E-state index in [0.29, 0.717) is 42.0 Å². The van der Waals surface area contributed by atoms with Crippen LogP contribution in [0.3, 0.4) is 0 Å². The summed E-state index contributed by atoms with van der Waals surface area (Å²) in [5, 5.41) is 3.36. The monoisotopic (exact) mass is 483 g/mol. The van der Waals surface area contributed by atoms with E-state index in [1.807, 2.05) is 73.7 Å². The number of allylic oxidation sites excluding steroid dienone is 3. The molecule has 0 saturated heterocycles. The average Bonchev–Trinajstić information content (AvgIpc) is 3.43. The summed E-state index contributed by atoms with van der Waals surface area (Å²) in [5.41, 5.74) is 4.48. The lowest BCUT2D eigenvalue weighted by Crippen LogP contribution is -2.36. The maximum absolute atomic E-state index is 13.6. The van der Waals surface area contributed by atoms with Crippen LogP contribution >= 0.6 is 0 Å². The van der Waals surface area contributed by atoms with Crippen LogP contribution in [0.2, 0.25) is 0 Å². The van der Waals surface area contributed by atoms with Gasteiger partial charge >= 0.3 is 5.97 Å². The largest absolute Gasteiger partial charge is 0.489 e. The van der Waals surface area contributed by atoms with Gasteiger partial charge in [0.1, 0.15) is 18.1 Å². The van der Waals surface area contributed by atoms with Crippen molar-refractivity contribution < 1.29 is 23.5 Å². The van der Waals surface area contributed by atoms with E-state index in [2.05, 4.69) is 5.32 Å². The first-order chi connectivity index (χ1) is 17.5. The summed E-state index contributed by atoms with van der Waals surface area (Å²) in [4.78, 5) is 26.7. The highest BCUT2D eigenvalue weighted by Crippen LogP contribution is 2.46. The Balaban J connectivity index is 1.52. The first-order valence-electron chi connectivity index (χ1n) is 12.3. The lowest BCUT2D eigenvalue weighted by Gasteiger charge is -2.36.